The van der Waals surface area contributed by atoms with E-state index in [9.17, 15) is 20.0 Å². The van der Waals surface area contributed by atoms with Crippen molar-refractivity contribution >= 4 is 23.4 Å². The van der Waals surface area contributed by atoms with Crippen LogP contribution in [0.15, 0.2) is 23.1 Å². The van der Waals surface area contributed by atoms with Crippen LogP contribution in [0.5, 0.6) is 5.75 Å². The number of carbonyl (C=O) groups is 1. The second-order valence-corrected chi connectivity index (χ2v) is 6.42. The van der Waals surface area contributed by atoms with Gasteiger partial charge in [-0.1, -0.05) is 13.8 Å². The van der Waals surface area contributed by atoms with E-state index in [0.717, 1.165) is 11.8 Å². The minimum absolute atomic E-state index is 0.0961. The number of nitrogens with zero attached hydrogens (tertiary/aromatic N) is 1. The lowest BCUT2D eigenvalue weighted by atomic mass is 10.1. The molecule has 0 aliphatic rings. The van der Waals surface area contributed by atoms with Gasteiger partial charge in [-0.15, -0.1) is 11.8 Å². The summed E-state index contributed by atoms with van der Waals surface area (Å²) in [7, 11) is 0. The summed E-state index contributed by atoms with van der Waals surface area (Å²) in [6.45, 7) is 7.24. The van der Waals surface area contributed by atoms with Crippen molar-refractivity contribution in [2.45, 2.75) is 43.9 Å². The van der Waals surface area contributed by atoms with Gasteiger partial charge in [0.15, 0.2) is 0 Å². The molecule has 1 unspecified atom stereocenters. The van der Waals surface area contributed by atoms with Crippen molar-refractivity contribution in [1.29, 1.82) is 0 Å². The van der Waals surface area contributed by atoms with Crippen molar-refractivity contribution in [3.8, 4) is 5.75 Å². The Bertz CT molecular complexity index is 530. The highest BCUT2D eigenvalue weighted by Gasteiger charge is 2.24. The predicted molar refractivity (Wildman–Crippen MR) is 81.0 cm³/mol. The highest BCUT2D eigenvalue weighted by atomic mass is 32.2. The van der Waals surface area contributed by atoms with Gasteiger partial charge in [-0.3, -0.25) is 14.9 Å². The summed E-state index contributed by atoms with van der Waals surface area (Å²) in [6, 6.07) is 4.35. The lowest BCUT2D eigenvalue weighted by Gasteiger charge is -2.16. The summed E-state index contributed by atoms with van der Waals surface area (Å²) in [5.74, 6) is -0.663. The Labute approximate surface area is 127 Å². The normalized spacial score (nSPS) is 12.5. The third kappa shape index (κ3) is 5.26. The van der Waals surface area contributed by atoms with Crippen LogP contribution in [0.4, 0.5) is 5.69 Å². The molecule has 116 valence electrons. The summed E-state index contributed by atoms with van der Waals surface area (Å²) in [6.07, 6.45) is -0.120. The van der Waals surface area contributed by atoms with Gasteiger partial charge >= 0.3 is 5.97 Å². The lowest BCUT2D eigenvalue weighted by Crippen LogP contribution is -2.22. The molecule has 0 heterocycles. The van der Waals surface area contributed by atoms with Crippen molar-refractivity contribution < 1.29 is 19.6 Å². The maximum Gasteiger partial charge on any atom is 0.317 e. The Balaban J connectivity index is 3.12. The molecule has 1 atom stereocenters. The topological polar surface area (TPSA) is 89.7 Å². The minimum Gasteiger partial charge on any atom is -0.491 e. The second-order valence-electron chi connectivity index (χ2n) is 5.21. The zero-order valence-electron chi connectivity index (χ0n) is 12.4. The highest BCUT2D eigenvalue weighted by Crippen LogP contribution is 2.34. The van der Waals surface area contributed by atoms with Gasteiger partial charge in [0.05, 0.1) is 17.1 Å². The Morgan fingerprint density at radius 3 is 2.33 bits per heavy atom. The van der Waals surface area contributed by atoms with Gasteiger partial charge in [0.1, 0.15) is 11.0 Å². The maximum absolute atomic E-state index is 11.2. The standard InChI is InChI=1S/C14H19NO5S/c1-8(2)13(14(16)17)21-12-6-10(15(18)19)5-11(7-12)20-9(3)4/h5-9,13H,1-4H3,(H,16,17). The molecule has 0 saturated carbocycles. The number of carboxylic acids is 1. The third-order valence-electron chi connectivity index (χ3n) is 2.56. The SMILES string of the molecule is CC(C)Oc1cc(SC(C(=O)O)C(C)C)cc([N+](=O)[O-])c1. The number of benzene rings is 1. The maximum atomic E-state index is 11.2. The molecule has 0 aliphatic heterocycles. The van der Waals surface area contributed by atoms with Gasteiger partial charge in [0.25, 0.3) is 5.69 Å². The quantitative estimate of drug-likeness (QED) is 0.470. The van der Waals surface area contributed by atoms with Crippen molar-refractivity contribution in [2.24, 2.45) is 5.92 Å². The van der Waals surface area contributed by atoms with Gasteiger partial charge in [-0.05, 0) is 25.8 Å². The molecule has 0 fully saturated rings. The van der Waals surface area contributed by atoms with Gasteiger partial charge < -0.3 is 9.84 Å². The monoisotopic (exact) mass is 313 g/mol. The molecule has 1 N–H and O–H groups in total. The van der Waals surface area contributed by atoms with E-state index >= 15 is 0 Å². The fraction of sp³-hybridized carbons (Fsp3) is 0.500. The van der Waals surface area contributed by atoms with Crippen LogP contribution >= 0.6 is 11.8 Å². The molecule has 0 amide bonds. The average molecular weight is 313 g/mol. The van der Waals surface area contributed by atoms with Gasteiger partial charge in [-0.2, -0.15) is 0 Å². The smallest absolute Gasteiger partial charge is 0.317 e. The molecule has 6 nitrogen and oxygen atoms in total. The van der Waals surface area contributed by atoms with Crippen LogP contribution in [-0.4, -0.2) is 27.4 Å². The number of thioether (sulfide) groups is 1. The van der Waals surface area contributed by atoms with Crippen LogP contribution in [-0.2, 0) is 4.79 Å². The molecule has 0 bridgehead atoms. The van der Waals surface area contributed by atoms with Crippen LogP contribution < -0.4 is 4.74 Å². The van der Waals surface area contributed by atoms with Crippen molar-refractivity contribution in [2.75, 3.05) is 0 Å². The molecule has 1 rings (SSSR count). The molecule has 1 aromatic carbocycles. The first-order valence-electron chi connectivity index (χ1n) is 6.56. The lowest BCUT2D eigenvalue weighted by molar-refractivity contribution is -0.385. The molecule has 0 spiro atoms. The zero-order chi connectivity index (χ0) is 16.2. The summed E-state index contributed by atoms with van der Waals surface area (Å²) >= 11 is 1.09. The molecule has 7 heteroatoms. The summed E-state index contributed by atoms with van der Waals surface area (Å²) in [5, 5.41) is 19.5. The Morgan fingerprint density at radius 2 is 1.90 bits per heavy atom. The van der Waals surface area contributed by atoms with Gasteiger partial charge in [0.2, 0.25) is 0 Å². The van der Waals surface area contributed by atoms with E-state index in [2.05, 4.69) is 0 Å². The third-order valence-corrected chi connectivity index (χ3v) is 4.07. The van der Waals surface area contributed by atoms with E-state index in [1.54, 1.807) is 19.9 Å². The van der Waals surface area contributed by atoms with E-state index in [-0.39, 0.29) is 17.7 Å². The zero-order valence-corrected chi connectivity index (χ0v) is 13.2. The van der Waals surface area contributed by atoms with Crippen molar-refractivity contribution in [3.63, 3.8) is 0 Å². The van der Waals surface area contributed by atoms with E-state index in [1.165, 1.54) is 12.1 Å². The molecule has 0 radical (unpaired) electrons. The number of hydrogen-bond donors (Lipinski definition) is 1. The summed E-state index contributed by atoms with van der Waals surface area (Å²) in [4.78, 5) is 22.2. The molecule has 21 heavy (non-hydrogen) atoms. The van der Waals surface area contributed by atoms with Gasteiger partial charge in [0, 0.05) is 11.0 Å². The number of ether oxygens (including phenoxy) is 1. The van der Waals surface area contributed by atoms with Gasteiger partial charge in [-0.25, -0.2) is 0 Å². The van der Waals surface area contributed by atoms with Crippen LogP contribution in [0.1, 0.15) is 27.7 Å². The number of carboxylic acid groups (broad SMARTS) is 1. The minimum atomic E-state index is -0.937. The highest BCUT2D eigenvalue weighted by molar-refractivity contribution is 8.00. The molecular weight excluding hydrogens is 294 g/mol. The van der Waals surface area contributed by atoms with E-state index in [4.69, 9.17) is 4.74 Å². The van der Waals surface area contributed by atoms with E-state index < -0.39 is 16.1 Å². The van der Waals surface area contributed by atoms with Crippen LogP contribution in [0.25, 0.3) is 0 Å². The molecule has 1 aromatic rings. The number of aliphatic carboxylic acids is 1. The number of nitro benzene ring substituents is 1. The Hall–Kier alpha value is -1.76. The van der Waals surface area contributed by atoms with E-state index in [1.807, 2.05) is 13.8 Å². The van der Waals surface area contributed by atoms with Crippen molar-refractivity contribution in [1.82, 2.24) is 0 Å². The molecular formula is C14H19NO5S. The van der Waals surface area contributed by atoms with Crippen LogP contribution in [0.3, 0.4) is 0 Å². The van der Waals surface area contributed by atoms with Crippen LogP contribution in [0, 0.1) is 16.0 Å². The largest absolute Gasteiger partial charge is 0.491 e. The number of nitro groups is 1. The fourth-order valence-electron chi connectivity index (χ4n) is 1.69. The Morgan fingerprint density at radius 1 is 1.29 bits per heavy atom. The summed E-state index contributed by atoms with van der Waals surface area (Å²) < 4.78 is 5.48. The average Bonchev–Trinajstić information content (AvgIpc) is 2.33. The number of rotatable bonds is 7. The first-order valence-corrected chi connectivity index (χ1v) is 7.44. The molecule has 0 saturated heterocycles. The predicted octanol–water partition coefficient (Wildman–Crippen LogP) is 3.58. The fourth-order valence-corrected chi connectivity index (χ4v) is 2.73. The first kappa shape index (κ1) is 17.3. The van der Waals surface area contributed by atoms with E-state index in [0.29, 0.717) is 10.6 Å². The second kappa shape index (κ2) is 7.31. The molecule has 0 aliphatic carbocycles. The van der Waals surface area contributed by atoms with Crippen LogP contribution in [0.2, 0.25) is 0 Å². The number of hydrogen-bond acceptors (Lipinski definition) is 5. The first-order chi connectivity index (χ1) is 9.70. The summed E-state index contributed by atoms with van der Waals surface area (Å²) in [5.41, 5.74) is -0.108. The van der Waals surface area contributed by atoms with Crippen molar-refractivity contribution in [3.05, 3.63) is 28.3 Å². The Kier molecular flexibility index (Phi) is 6.02. The molecule has 0 aromatic heterocycles. The number of non-ortho nitro benzene ring substituents is 1.